The molecule has 4 nitrogen and oxygen atoms in total. The molecule has 0 N–H and O–H groups in total. The summed E-state index contributed by atoms with van der Waals surface area (Å²) in [6.07, 6.45) is 0. The van der Waals surface area contributed by atoms with Crippen molar-refractivity contribution in [2.24, 2.45) is 0 Å². The van der Waals surface area contributed by atoms with Crippen molar-refractivity contribution in [1.29, 1.82) is 5.26 Å². The van der Waals surface area contributed by atoms with E-state index in [1.54, 1.807) is 0 Å². The van der Waals surface area contributed by atoms with E-state index in [0.29, 0.717) is 11.3 Å². The molecule has 0 saturated carbocycles. The van der Waals surface area contributed by atoms with Crippen LogP contribution in [0.4, 0.5) is 5.69 Å². The standard InChI is InChI=1S/C62H38N4/c1-64-61-56(65-57-36-46(42-16-6-2-7-17-42)25-29-52(57)53-30-26-47(37-58(53)65)43-18-8-3-9-19-43)34-33-51(50-24-14-15-41(35-50)40-63)62(61)66-59-38-48(44-20-10-4-11-21-44)27-31-54(59)55-32-28-49(39-60(55)66)45-22-12-5-13-23-45/h2-39H. The van der Waals surface area contributed by atoms with Gasteiger partial charge in [-0.25, -0.2) is 4.85 Å². The van der Waals surface area contributed by atoms with Crippen LogP contribution in [0.2, 0.25) is 0 Å². The summed E-state index contributed by atoms with van der Waals surface area (Å²) in [5.41, 5.74) is 17.0. The molecular weight excluding hydrogens is 801 g/mol. The van der Waals surface area contributed by atoms with Gasteiger partial charge < -0.3 is 9.13 Å². The van der Waals surface area contributed by atoms with Gasteiger partial charge in [0.15, 0.2) is 0 Å². The van der Waals surface area contributed by atoms with E-state index in [0.717, 1.165) is 111 Å². The van der Waals surface area contributed by atoms with Crippen LogP contribution in [0.3, 0.4) is 0 Å². The summed E-state index contributed by atoms with van der Waals surface area (Å²) >= 11 is 0. The maximum atomic E-state index is 10.2. The molecule has 0 bridgehead atoms. The summed E-state index contributed by atoms with van der Waals surface area (Å²) < 4.78 is 4.61. The predicted octanol–water partition coefficient (Wildman–Crippen LogP) is 16.6. The Morgan fingerprint density at radius 3 is 1.11 bits per heavy atom. The van der Waals surface area contributed by atoms with Gasteiger partial charge >= 0.3 is 0 Å². The van der Waals surface area contributed by atoms with Crippen LogP contribution in [0.15, 0.2) is 231 Å². The molecule has 0 aliphatic carbocycles. The SMILES string of the molecule is [C-]#[N+]c1c(-n2c3cc(-c4ccccc4)ccc3c3ccc(-c4ccccc4)cc32)ccc(-c2cccc(C#N)c2)c1-n1c2cc(-c3ccccc3)ccc2c2ccc(-c3ccccc3)cc21. The molecule has 0 radical (unpaired) electrons. The largest absolute Gasteiger partial charge is 0.319 e. The third kappa shape index (κ3) is 6.36. The Morgan fingerprint density at radius 2 is 0.727 bits per heavy atom. The average molecular weight is 839 g/mol. The lowest BCUT2D eigenvalue weighted by atomic mass is 9.98. The van der Waals surface area contributed by atoms with Crippen LogP contribution in [-0.4, -0.2) is 9.13 Å². The molecule has 0 saturated heterocycles. The zero-order chi connectivity index (χ0) is 44.1. The van der Waals surface area contributed by atoms with E-state index in [2.05, 4.69) is 202 Å². The topological polar surface area (TPSA) is 38.0 Å². The number of nitriles is 1. The fraction of sp³-hybridized carbons (Fsp3) is 0. The van der Waals surface area contributed by atoms with Gasteiger partial charge in [0.05, 0.1) is 51.6 Å². The molecule has 66 heavy (non-hydrogen) atoms. The molecule has 10 aromatic carbocycles. The first-order chi connectivity index (χ1) is 32.6. The van der Waals surface area contributed by atoms with Crippen molar-refractivity contribution >= 4 is 49.3 Å². The van der Waals surface area contributed by atoms with Crippen molar-refractivity contribution in [3.8, 4) is 73.1 Å². The number of fused-ring (bicyclic) bond motifs is 6. The Hall–Kier alpha value is -9.22. The third-order valence-corrected chi connectivity index (χ3v) is 13.0. The van der Waals surface area contributed by atoms with Crippen LogP contribution in [0.5, 0.6) is 0 Å². The number of benzene rings is 10. The zero-order valence-electron chi connectivity index (χ0n) is 35.7. The molecule has 2 aromatic heterocycles. The first-order valence-electron chi connectivity index (χ1n) is 22.1. The zero-order valence-corrected chi connectivity index (χ0v) is 35.7. The van der Waals surface area contributed by atoms with Crippen molar-refractivity contribution in [1.82, 2.24) is 9.13 Å². The highest BCUT2D eigenvalue weighted by molar-refractivity contribution is 6.14. The van der Waals surface area contributed by atoms with Gasteiger partial charge in [-0.3, -0.25) is 0 Å². The Balaban J connectivity index is 1.24. The number of hydrogen-bond acceptors (Lipinski definition) is 1. The number of nitrogens with zero attached hydrogens (tertiary/aromatic N) is 4. The minimum atomic E-state index is 0.498. The molecule has 0 spiro atoms. The van der Waals surface area contributed by atoms with Gasteiger partial charge in [-0.1, -0.05) is 188 Å². The Morgan fingerprint density at radius 1 is 0.348 bits per heavy atom. The van der Waals surface area contributed by atoms with Crippen LogP contribution in [-0.2, 0) is 0 Å². The normalized spacial score (nSPS) is 11.3. The minimum Gasteiger partial charge on any atom is -0.319 e. The van der Waals surface area contributed by atoms with E-state index < -0.39 is 0 Å². The van der Waals surface area contributed by atoms with Gasteiger partial charge in [-0.05, 0) is 98.1 Å². The maximum Gasteiger partial charge on any atom is 0.234 e. The molecule has 0 atom stereocenters. The molecule has 0 aliphatic rings. The lowest BCUT2D eigenvalue weighted by Gasteiger charge is -2.21. The van der Waals surface area contributed by atoms with Crippen LogP contribution >= 0.6 is 0 Å². The monoisotopic (exact) mass is 838 g/mol. The van der Waals surface area contributed by atoms with E-state index in [-0.39, 0.29) is 0 Å². The average Bonchev–Trinajstić information content (AvgIpc) is 3.90. The smallest absolute Gasteiger partial charge is 0.234 e. The summed E-state index contributed by atoms with van der Waals surface area (Å²) in [6.45, 7) is 9.35. The Bertz CT molecular complexity index is 3730. The second-order valence-electron chi connectivity index (χ2n) is 16.7. The highest BCUT2D eigenvalue weighted by Crippen LogP contribution is 2.47. The summed E-state index contributed by atoms with van der Waals surface area (Å²) in [6, 6.07) is 83.0. The van der Waals surface area contributed by atoms with Crippen LogP contribution in [0.25, 0.3) is 115 Å². The fourth-order valence-corrected chi connectivity index (χ4v) is 9.85. The number of aromatic nitrogens is 2. The van der Waals surface area contributed by atoms with E-state index in [4.69, 9.17) is 0 Å². The van der Waals surface area contributed by atoms with E-state index in [9.17, 15) is 11.8 Å². The first-order valence-corrected chi connectivity index (χ1v) is 22.1. The molecule has 0 fully saturated rings. The predicted molar refractivity (Wildman–Crippen MR) is 273 cm³/mol. The Labute approximate surface area is 382 Å². The molecule has 2 heterocycles. The summed E-state index contributed by atoms with van der Waals surface area (Å²) in [5, 5.41) is 14.6. The lowest BCUT2D eigenvalue weighted by molar-refractivity contribution is 1.15. The summed E-state index contributed by atoms with van der Waals surface area (Å²) in [5.74, 6) is 0. The van der Waals surface area contributed by atoms with E-state index in [1.807, 2.05) is 48.5 Å². The third-order valence-electron chi connectivity index (χ3n) is 13.0. The molecule has 306 valence electrons. The first kappa shape index (κ1) is 38.5. The van der Waals surface area contributed by atoms with Crippen molar-refractivity contribution in [2.75, 3.05) is 0 Å². The van der Waals surface area contributed by atoms with Gasteiger partial charge in [0, 0.05) is 21.5 Å². The van der Waals surface area contributed by atoms with Crippen LogP contribution < -0.4 is 0 Å². The fourth-order valence-electron chi connectivity index (χ4n) is 9.85. The Kier molecular flexibility index (Phi) is 9.23. The molecule has 0 amide bonds. The summed E-state index contributed by atoms with van der Waals surface area (Å²) in [7, 11) is 0. The molecular formula is C62H38N4. The lowest BCUT2D eigenvalue weighted by Crippen LogP contribution is -2.03. The molecule has 12 aromatic rings. The molecule has 12 rings (SSSR count). The van der Waals surface area contributed by atoms with Gasteiger partial charge in [0.2, 0.25) is 5.69 Å². The molecule has 0 unspecified atom stereocenters. The highest BCUT2D eigenvalue weighted by Gasteiger charge is 2.25. The van der Waals surface area contributed by atoms with Gasteiger partial charge in [-0.2, -0.15) is 5.26 Å². The van der Waals surface area contributed by atoms with Crippen molar-refractivity contribution in [3.05, 3.63) is 248 Å². The second kappa shape index (κ2) is 15.8. The van der Waals surface area contributed by atoms with Crippen molar-refractivity contribution in [2.45, 2.75) is 0 Å². The minimum absolute atomic E-state index is 0.498. The number of rotatable bonds is 7. The second-order valence-corrected chi connectivity index (χ2v) is 16.7. The van der Waals surface area contributed by atoms with Gasteiger partial charge in [0.25, 0.3) is 0 Å². The van der Waals surface area contributed by atoms with Crippen molar-refractivity contribution < 1.29 is 0 Å². The van der Waals surface area contributed by atoms with Crippen molar-refractivity contribution in [3.63, 3.8) is 0 Å². The van der Waals surface area contributed by atoms with Gasteiger partial charge in [-0.15, -0.1) is 0 Å². The van der Waals surface area contributed by atoms with Gasteiger partial charge in [0.1, 0.15) is 0 Å². The van der Waals surface area contributed by atoms with Crippen LogP contribution in [0, 0.1) is 17.9 Å². The van der Waals surface area contributed by atoms with E-state index in [1.165, 1.54) is 0 Å². The van der Waals surface area contributed by atoms with E-state index >= 15 is 0 Å². The summed E-state index contributed by atoms with van der Waals surface area (Å²) in [4.78, 5) is 4.60. The quantitative estimate of drug-likeness (QED) is 0.147. The number of hydrogen-bond donors (Lipinski definition) is 0. The maximum absolute atomic E-state index is 10.2. The highest BCUT2D eigenvalue weighted by atomic mass is 15.1. The molecule has 0 aliphatic heterocycles. The van der Waals surface area contributed by atoms with Crippen LogP contribution in [0.1, 0.15) is 5.56 Å². The molecule has 4 heteroatoms.